The summed E-state index contributed by atoms with van der Waals surface area (Å²) in [4.78, 5) is 36.7. The van der Waals surface area contributed by atoms with Gasteiger partial charge in [0.1, 0.15) is 0 Å². The quantitative estimate of drug-likeness (QED) is 0.165. The van der Waals surface area contributed by atoms with Gasteiger partial charge < -0.3 is 15.7 Å². The average molecular weight is 594 g/mol. The lowest BCUT2D eigenvalue weighted by Crippen LogP contribution is -2.35. The molecule has 0 aliphatic rings. The topological polar surface area (TPSA) is 119 Å². The van der Waals surface area contributed by atoms with E-state index >= 15 is 0 Å². The van der Waals surface area contributed by atoms with E-state index in [-0.39, 0.29) is 11.8 Å². The average Bonchev–Trinajstić information content (AvgIpc) is 3.09. The van der Waals surface area contributed by atoms with Crippen LogP contribution in [0.25, 0.3) is 11.1 Å². The Kier molecular flexibility index (Phi) is 9.78. The number of benzene rings is 5. The summed E-state index contributed by atoms with van der Waals surface area (Å²) in [5.74, 6) is -2.86. The Hall–Kier alpha value is -6.00. The molecule has 5 aromatic rings. The van der Waals surface area contributed by atoms with Gasteiger partial charge in [-0.1, -0.05) is 109 Å². The molecule has 0 aromatic heterocycles. The molecule has 0 aliphatic carbocycles. The Morgan fingerprint density at radius 3 is 1.96 bits per heavy atom. The number of aliphatic carboxylic acids is 1. The van der Waals surface area contributed by atoms with Crippen molar-refractivity contribution in [3.05, 3.63) is 167 Å². The second-order valence-electron chi connectivity index (χ2n) is 10.6. The van der Waals surface area contributed by atoms with Crippen LogP contribution in [0.5, 0.6) is 0 Å². The first-order valence-electron chi connectivity index (χ1n) is 14.5. The van der Waals surface area contributed by atoms with Crippen molar-refractivity contribution in [3.63, 3.8) is 0 Å². The van der Waals surface area contributed by atoms with Gasteiger partial charge in [-0.3, -0.25) is 9.59 Å². The second-order valence-corrected chi connectivity index (χ2v) is 10.6. The van der Waals surface area contributed by atoms with E-state index < -0.39 is 17.9 Å². The number of carboxylic acids is 1. The Morgan fingerprint density at radius 2 is 1.33 bits per heavy atom. The van der Waals surface area contributed by atoms with Gasteiger partial charge in [-0.2, -0.15) is 5.26 Å². The first-order valence-corrected chi connectivity index (χ1v) is 14.5. The molecule has 2 amide bonds. The molecule has 0 fully saturated rings. The maximum atomic E-state index is 13.3. The molecule has 5 rings (SSSR count). The Bertz CT molecular complexity index is 1790. The predicted molar refractivity (Wildman–Crippen MR) is 172 cm³/mol. The van der Waals surface area contributed by atoms with E-state index in [1.54, 1.807) is 24.3 Å². The number of hydrogen-bond acceptors (Lipinski definition) is 4. The van der Waals surface area contributed by atoms with E-state index in [2.05, 4.69) is 41.0 Å². The van der Waals surface area contributed by atoms with Gasteiger partial charge in [0.15, 0.2) is 0 Å². The number of nitrogens with one attached hydrogen (secondary N) is 2. The molecule has 5 aromatic carbocycles. The largest absolute Gasteiger partial charge is 0.474 e. The molecule has 7 nitrogen and oxygen atoms in total. The minimum atomic E-state index is -1.57. The molecule has 0 aliphatic heterocycles. The van der Waals surface area contributed by atoms with Crippen molar-refractivity contribution >= 4 is 17.8 Å². The second kappa shape index (κ2) is 14.5. The molecule has 0 saturated heterocycles. The molecule has 0 radical (unpaired) electrons. The lowest BCUT2D eigenvalue weighted by atomic mass is 9.91. The molecule has 1 unspecified atom stereocenters. The lowest BCUT2D eigenvalue weighted by molar-refractivity contribution is -0.150. The Morgan fingerprint density at radius 1 is 0.689 bits per heavy atom. The van der Waals surface area contributed by atoms with Gasteiger partial charge in [-0.25, -0.2) is 4.79 Å². The van der Waals surface area contributed by atoms with Crippen molar-refractivity contribution in [1.29, 1.82) is 5.26 Å². The van der Waals surface area contributed by atoms with E-state index in [0.29, 0.717) is 29.7 Å². The number of carbonyl (C=O) groups excluding carboxylic acids is 2. The lowest BCUT2D eigenvalue weighted by Gasteiger charge is -2.19. The first-order chi connectivity index (χ1) is 21.9. The smallest absolute Gasteiger partial charge is 0.394 e. The molecular weight excluding hydrogens is 562 g/mol. The van der Waals surface area contributed by atoms with Crippen LogP contribution in [0.15, 0.2) is 133 Å². The van der Waals surface area contributed by atoms with Gasteiger partial charge >= 0.3 is 11.9 Å². The molecular formula is C38H31N3O4. The fourth-order valence-corrected chi connectivity index (χ4v) is 5.32. The van der Waals surface area contributed by atoms with Crippen molar-refractivity contribution in [2.75, 3.05) is 6.54 Å². The summed E-state index contributed by atoms with van der Waals surface area (Å²) >= 11 is 0. The van der Waals surface area contributed by atoms with Gasteiger partial charge in [0.25, 0.3) is 5.91 Å². The highest BCUT2D eigenvalue weighted by Gasteiger charge is 2.20. The molecule has 3 N–H and O–H groups in total. The van der Waals surface area contributed by atoms with Crippen LogP contribution in [0.1, 0.15) is 50.1 Å². The van der Waals surface area contributed by atoms with E-state index in [9.17, 15) is 24.8 Å². The predicted octanol–water partition coefficient (Wildman–Crippen LogP) is 6.27. The third kappa shape index (κ3) is 7.89. The minimum Gasteiger partial charge on any atom is -0.474 e. The van der Waals surface area contributed by atoms with E-state index in [1.165, 1.54) is 0 Å². The number of carbonyl (C=O) groups is 3. The first kappa shape index (κ1) is 30.5. The summed E-state index contributed by atoms with van der Waals surface area (Å²) < 4.78 is 0. The molecule has 1 atom stereocenters. The fourth-order valence-electron chi connectivity index (χ4n) is 5.32. The molecule has 0 spiro atoms. The van der Waals surface area contributed by atoms with Crippen LogP contribution in [0.4, 0.5) is 0 Å². The molecule has 45 heavy (non-hydrogen) atoms. The van der Waals surface area contributed by atoms with Crippen molar-refractivity contribution in [1.82, 2.24) is 10.6 Å². The highest BCUT2D eigenvalue weighted by atomic mass is 16.4. The normalized spacial score (nSPS) is 11.3. The standard InChI is InChI=1S/C38H31N3O4/c39-24-27-10-7-9-26(21-27)22-35(41-37(43)38(44)45)31-19-17-28(18-20-31)32-15-8-16-33(23-32)36(42)40-25-34(29-11-3-1-4-12-29)30-13-5-2-6-14-30/h1-21,23,34-35H,22,25H2,(H,40,42)(H,41,43)(H,44,45). The third-order valence-corrected chi connectivity index (χ3v) is 7.64. The van der Waals surface area contributed by atoms with Crippen molar-refractivity contribution in [2.45, 2.75) is 18.4 Å². The zero-order valence-corrected chi connectivity index (χ0v) is 24.4. The van der Waals surface area contributed by atoms with Gasteiger partial charge in [-0.15, -0.1) is 0 Å². The summed E-state index contributed by atoms with van der Waals surface area (Å²) in [5.41, 5.74) is 6.43. The summed E-state index contributed by atoms with van der Waals surface area (Å²) in [6.07, 6.45) is 0.302. The number of nitriles is 1. The van der Waals surface area contributed by atoms with Crippen LogP contribution in [-0.4, -0.2) is 29.4 Å². The summed E-state index contributed by atoms with van der Waals surface area (Å²) in [7, 11) is 0. The number of rotatable bonds is 10. The number of nitrogens with zero attached hydrogens (tertiary/aromatic N) is 1. The van der Waals surface area contributed by atoms with Crippen molar-refractivity contribution in [3.8, 4) is 17.2 Å². The van der Waals surface area contributed by atoms with Crippen LogP contribution in [-0.2, 0) is 16.0 Å². The summed E-state index contributed by atoms with van der Waals surface area (Å²) in [6, 6.07) is 43.4. The summed E-state index contributed by atoms with van der Waals surface area (Å²) in [5, 5.41) is 24.1. The molecule has 0 bridgehead atoms. The van der Waals surface area contributed by atoms with Crippen LogP contribution in [0.2, 0.25) is 0 Å². The maximum Gasteiger partial charge on any atom is 0.394 e. The summed E-state index contributed by atoms with van der Waals surface area (Å²) in [6.45, 7) is 0.437. The number of hydrogen-bond donors (Lipinski definition) is 3. The minimum absolute atomic E-state index is 0.00372. The fraction of sp³-hybridized carbons (Fsp3) is 0.105. The van der Waals surface area contributed by atoms with Gasteiger partial charge in [-0.05, 0) is 64.1 Å². The van der Waals surface area contributed by atoms with Crippen molar-refractivity contribution < 1.29 is 19.5 Å². The highest BCUT2D eigenvalue weighted by molar-refractivity contribution is 6.31. The Labute approximate surface area is 261 Å². The molecule has 0 saturated carbocycles. The van der Waals surface area contributed by atoms with Gasteiger partial charge in [0, 0.05) is 18.0 Å². The van der Waals surface area contributed by atoms with Crippen LogP contribution < -0.4 is 10.6 Å². The zero-order valence-electron chi connectivity index (χ0n) is 24.4. The van der Waals surface area contributed by atoms with E-state index in [1.807, 2.05) is 84.9 Å². The van der Waals surface area contributed by atoms with Gasteiger partial charge in [0.05, 0.1) is 17.7 Å². The van der Waals surface area contributed by atoms with Crippen LogP contribution >= 0.6 is 0 Å². The van der Waals surface area contributed by atoms with Crippen LogP contribution in [0, 0.1) is 11.3 Å². The molecule has 0 heterocycles. The zero-order chi connectivity index (χ0) is 31.6. The van der Waals surface area contributed by atoms with Gasteiger partial charge in [0.2, 0.25) is 0 Å². The van der Waals surface area contributed by atoms with E-state index in [0.717, 1.165) is 27.8 Å². The Balaban J connectivity index is 1.32. The molecule has 7 heteroatoms. The van der Waals surface area contributed by atoms with Crippen molar-refractivity contribution in [2.24, 2.45) is 0 Å². The monoisotopic (exact) mass is 593 g/mol. The molecule has 222 valence electrons. The number of amides is 2. The highest BCUT2D eigenvalue weighted by Crippen LogP contribution is 2.26. The number of carboxylic acid groups (broad SMARTS) is 1. The maximum absolute atomic E-state index is 13.3. The third-order valence-electron chi connectivity index (χ3n) is 7.64. The SMILES string of the molecule is N#Cc1cccc(CC(NC(=O)C(=O)O)c2ccc(-c3cccc(C(=O)NCC(c4ccccc4)c4ccccc4)c3)cc2)c1. The van der Waals surface area contributed by atoms with E-state index in [4.69, 9.17) is 0 Å². The van der Waals surface area contributed by atoms with Crippen LogP contribution in [0.3, 0.4) is 0 Å².